The predicted molar refractivity (Wildman–Crippen MR) is 100 cm³/mol. The molecule has 0 aliphatic carbocycles. The molecule has 0 saturated carbocycles. The van der Waals surface area contributed by atoms with Gasteiger partial charge >= 0.3 is 0 Å². The Bertz CT molecular complexity index is 824. The highest BCUT2D eigenvalue weighted by atomic mass is 79.9. The number of fused-ring (bicyclic) bond motifs is 3. The molecule has 0 bridgehead atoms. The van der Waals surface area contributed by atoms with Crippen molar-refractivity contribution in [3.8, 4) is 6.07 Å². The molecule has 0 spiro atoms. The van der Waals surface area contributed by atoms with Crippen LogP contribution in [0.1, 0.15) is 37.1 Å². The molecule has 1 aromatic carbocycles. The topological polar surface area (TPSA) is 58.3 Å². The third-order valence-corrected chi connectivity index (χ3v) is 5.91. The first-order valence-electron chi connectivity index (χ1n) is 8.54. The molecule has 1 aliphatic rings. The third kappa shape index (κ3) is 3.07. The zero-order valence-corrected chi connectivity index (χ0v) is 16.1. The Morgan fingerprint density at radius 1 is 1.48 bits per heavy atom. The minimum atomic E-state index is -0.240. The van der Waals surface area contributed by atoms with Crippen LogP contribution in [0.2, 0.25) is 0 Å². The van der Waals surface area contributed by atoms with Crippen molar-refractivity contribution in [2.24, 2.45) is 0 Å². The smallest absolute Gasteiger partial charge is 0.236 e. The zero-order chi connectivity index (χ0) is 18.0. The summed E-state index contributed by atoms with van der Waals surface area (Å²) < 4.78 is 7.53. The van der Waals surface area contributed by atoms with E-state index in [4.69, 9.17) is 4.74 Å². The van der Waals surface area contributed by atoms with Crippen LogP contribution in [0.3, 0.4) is 0 Å². The molecule has 1 aromatic heterocycles. The number of rotatable bonds is 5. The third-order valence-electron chi connectivity index (χ3n) is 4.87. The summed E-state index contributed by atoms with van der Waals surface area (Å²) in [5.74, 6) is 0.0580. The van der Waals surface area contributed by atoms with Crippen molar-refractivity contribution in [2.75, 3.05) is 13.7 Å². The van der Waals surface area contributed by atoms with E-state index in [1.165, 1.54) is 10.9 Å². The van der Waals surface area contributed by atoms with Crippen molar-refractivity contribution >= 4 is 32.7 Å². The van der Waals surface area contributed by atoms with Crippen molar-refractivity contribution in [1.82, 2.24) is 9.47 Å². The number of nitriles is 1. The number of nitrogens with zero attached hydrogens (tertiary/aromatic N) is 3. The SMILES string of the molecule is CCC(Br)C(=O)N1CCc2c(n(COC)c3ccccc23)[C@@H]1CC#N. The summed E-state index contributed by atoms with van der Waals surface area (Å²) in [6, 6.07) is 10.3. The second kappa shape index (κ2) is 7.59. The van der Waals surface area contributed by atoms with E-state index in [2.05, 4.69) is 38.7 Å². The molecular formula is C19H22BrN3O2. The summed E-state index contributed by atoms with van der Waals surface area (Å²) in [5, 5.41) is 10.6. The zero-order valence-electron chi connectivity index (χ0n) is 14.5. The summed E-state index contributed by atoms with van der Waals surface area (Å²) in [4.78, 5) is 14.5. The molecule has 6 heteroatoms. The monoisotopic (exact) mass is 403 g/mol. The van der Waals surface area contributed by atoms with Gasteiger partial charge in [0, 0.05) is 24.7 Å². The molecule has 132 valence electrons. The summed E-state index contributed by atoms with van der Waals surface area (Å²) in [7, 11) is 1.66. The summed E-state index contributed by atoms with van der Waals surface area (Å²) in [6.07, 6.45) is 1.80. The van der Waals surface area contributed by atoms with Crippen LogP contribution >= 0.6 is 15.9 Å². The number of hydrogen-bond donors (Lipinski definition) is 0. The lowest BCUT2D eigenvalue weighted by Gasteiger charge is -2.37. The van der Waals surface area contributed by atoms with E-state index in [-0.39, 0.29) is 23.2 Å². The average molecular weight is 404 g/mol. The van der Waals surface area contributed by atoms with Gasteiger partial charge in [-0.1, -0.05) is 41.1 Å². The Labute approximate surface area is 156 Å². The minimum Gasteiger partial charge on any atom is -0.364 e. The first-order chi connectivity index (χ1) is 12.1. The fraction of sp³-hybridized carbons (Fsp3) is 0.474. The van der Waals surface area contributed by atoms with Crippen molar-refractivity contribution in [2.45, 2.75) is 43.8 Å². The minimum absolute atomic E-state index is 0.0580. The number of ether oxygens (including phenoxy) is 1. The van der Waals surface area contributed by atoms with E-state index >= 15 is 0 Å². The van der Waals surface area contributed by atoms with Crippen molar-refractivity contribution in [3.05, 3.63) is 35.5 Å². The van der Waals surface area contributed by atoms with Gasteiger partial charge in [0.05, 0.1) is 28.9 Å². The number of carbonyl (C=O) groups excluding carboxylic acids is 1. The second-order valence-corrected chi connectivity index (χ2v) is 7.37. The van der Waals surface area contributed by atoms with Crippen LogP contribution < -0.4 is 0 Å². The summed E-state index contributed by atoms with van der Waals surface area (Å²) in [5.41, 5.74) is 3.37. The highest BCUT2D eigenvalue weighted by molar-refractivity contribution is 9.10. The highest BCUT2D eigenvalue weighted by Crippen LogP contribution is 2.39. The molecule has 5 nitrogen and oxygen atoms in total. The quantitative estimate of drug-likeness (QED) is 0.714. The van der Waals surface area contributed by atoms with Gasteiger partial charge < -0.3 is 14.2 Å². The second-order valence-electron chi connectivity index (χ2n) is 6.26. The maximum Gasteiger partial charge on any atom is 0.236 e. The van der Waals surface area contributed by atoms with Gasteiger partial charge in [-0.2, -0.15) is 5.26 Å². The lowest BCUT2D eigenvalue weighted by atomic mass is 9.95. The van der Waals surface area contributed by atoms with Gasteiger partial charge in [-0.3, -0.25) is 4.79 Å². The molecule has 2 heterocycles. The van der Waals surface area contributed by atoms with Gasteiger partial charge in [0.15, 0.2) is 0 Å². The van der Waals surface area contributed by atoms with E-state index < -0.39 is 0 Å². The Morgan fingerprint density at radius 2 is 2.24 bits per heavy atom. The van der Waals surface area contributed by atoms with Crippen molar-refractivity contribution in [1.29, 1.82) is 5.26 Å². The van der Waals surface area contributed by atoms with Gasteiger partial charge in [-0.15, -0.1) is 0 Å². The van der Waals surface area contributed by atoms with Crippen LogP contribution in [-0.2, 0) is 22.7 Å². The largest absolute Gasteiger partial charge is 0.364 e. The average Bonchev–Trinajstić information content (AvgIpc) is 2.96. The van der Waals surface area contributed by atoms with E-state index in [1.807, 2.05) is 24.0 Å². The van der Waals surface area contributed by atoms with E-state index in [9.17, 15) is 10.1 Å². The van der Waals surface area contributed by atoms with Gasteiger partial charge in [-0.25, -0.2) is 0 Å². The molecule has 3 rings (SSSR count). The normalized spacial score (nSPS) is 18.0. The first-order valence-corrected chi connectivity index (χ1v) is 9.46. The number of methoxy groups -OCH3 is 1. The van der Waals surface area contributed by atoms with Gasteiger partial charge in [-0.05, 0) is 24.5 Å². The molecule has 1 unspecified atom stereocenters. The maximum absolute atomic E-state index is 12.8. The van der Waals surface area contributed by atoms with Crippen molar-refractivity contribution in [3.63, 3.8) is 0 Å². The molecular weight excluding hydrogens is 382 g/mol. The molecule has 1 aliphatic heterocycles. The molecule has 0 radical (unpaired) electrons. The number of carbonyl (C=O) groups is 1. The lowest BCUT2D eigenvalue weighted by molar-refractivity contribution is -0.133. The first kappa shape index (κ1) is 18.0. The molecule has 0 N–H and O–H groups in total. The van der Waals surface area contributed by atoms with Gasteiger partial charge in [0.2, 0.25) is 5.91 Å². The standard InChI is InChI=1S/C19H22BrN3O2/c1-3-15(20)19(24)22-11-9-14-13-6-4-5-7-16(13)23(12-25-2)18(14)17(22)8-10-21/h4-7,15,17H,3,8-9,11-12H2,1-2H3/t15?,17-/m0/s1. The molecule has 25 heavy (non-hydrogen) atoms. The number of benzene rings is 1. The number of alkyl halides is 1. The van der Waals surface area contributed by atoms with Crippen LogP contribution in [0, 0.1) is 11.3 Å². The van der Waals surface area contributed by atoms with E-state index in [0.717, 1.165) is 24.1 Å². The van der Waals surface area contributed by atoms with Crippen LogP contribution in [0.15, 0.2) is 24.3 Å². The molecule has 0 fully saturated rings. The van der Waals surface area contributed by atoms with E-state index in [0.29, 0.717) is 13.3 Å². The van der Waals surface area contributed by atoms with Crippen molar-refractivity contribution < 1.29 is 9.53 Å². The molecule has 2 atom stereocenters. The number of aromatic nitrogens is 1. The number of halogens is 1. The Balaban J connectivity index is 2.16. The maximum atomic E-state index is 12.8. The summed E-state index contributed by atoms with van der Waals surface area (Å²) in [6.45, 7) is 3.03. The molecule has 2 aromatic rings. The Morgan fingerprint density at radius 3 is 2.92 bits per heavy atom. The summed E-state index contributed by atoms with van der Waals surface area (Å²) >= 11 is 3.47. The number of para-hydroxylation sites is 1. The molecule has 0 saturated heterocycles. The Hall–Kier alpha value is -1.84. The molecule has 1 amide bonds. The fourth-order valence-electron chi connectivity index (χ4n) is 3.75. The van der Waals surface area contributed by atoms with Crippen LogP contribution in [0.25, 0.3) is 10.9 Å². The van der Waals surface area contributed by atoms with E-state index in [1.54, 1.807) is 7.11 Å². The lowest BCUT2D eigenvalue weighted by Crippen LogP contribution is -2.44. The number of amides is 1. The predicted octanol–water partition coefficient (Wildman–Crippen LogP) is 3.76. The van der Waals surface area contributed by atoms with Gasteiger partial charge in [0.25, 0.3) is 0 Å². The highest BCUT2D eigenvalue weighted by Gasteiger charge is 2.36. The van der Waals surface area contributed by atoms with Crippen LogP contribution in [0.4, 0.5) is 0 Å². The fourth-order valence-corrected chi connectivity index (χ4v) is 4.02. The Kier molecular flexibility index (Phi) is 5.45. The number of hydrogen-bond acceptors (Lipinski definition) is 3. The van der Waals surface area contributed by atoms with Crippen LogP contribution in [0.5, 0.6) is 0 Å². The van der Waals surface area contributed by atoms with Crippen LogP contribution in [-0.4, -0.2) is 33.9 Å². The van der Waals surface area contributed by atoms with Gasteiger partial charge in [0.1, 0.15) is 6.73 Å².